The van der Waals surface area contributed by atoms with Crippen molar-refractivity contribution >= 4 is 17.3 Å². The fraction of sp³-hybridized carbons (Fsp3) is 0.458. The summed E-state index contributed by atoms with van der Waals surface area (Å²) < 4.78 is 0. The molecule has 1 N–H and O–H groups in total. The van der Waals surface area contributed by atoms with Crippen molar-refractivity contribution in [2.45, 2.75) is 60.9 Å². The Labute approximate surface area is 163 Å². The van der Waals surface area contributed by atoms with E-state index in [0.717, 1.165) is 36.3 Å². The normalized spacial score (nSPS) is 14.1. The Balaban J connectivity index is 1.79. The Morgan fingerprint density at radius 1 is 1.04 bits per heavy atom. The monoisotopic (exact) mass is 364 g/mol. The summed E-state index contributed by atoms with van der Waals surface area (Å²) in [7, 11) is 0. The molecule has 3 heteroatoms. The minimum Gasteiger partial charge on any atom is -0.367 e. The maximum Gasteiger partial charge on any atom is 0.224 e. The summed E-state index contributed by atoms with van der Waals surface area (Å²) in [5.41, 5.74) is 8.68. The van der Waals surface area contributed by atoms with Gasteiger partial charge in [-0.15, -0.1) is 0 Å². The van der Waals surface area contributed by atoms with Crippen LogP contribution in [0.3, 0.4) is 0 Å². The number of carbonyl (C=O) groups excluding carboxylic acids is 1. The lowest BCUT2D eigenvalue weighted by Crippen LogP contribution is -2.30. The average Bonchev–Trinajstić information content (AvgIpc) is 2.56. The van der Waals surface area contributed by atoms with Crippen LogP contribution >= 0.6 is 0 Å². The van der Waals surface area contributed by atoms with Gasteiger partial charge in [-0.3, -0.25) is 4.79 Å². The molecule has 2 aromatic carbocycles. The molecule has 0 saturated carbocycles. The molecule has 0 aliphatic carbocycles. The Kier molecular flexibility index (Phi) is 5.32. The van der Waals surface area contributed by atoms with E-state index >= 15 is 0 Å². The second kappa shape index (κ2) is 7.38. The largest absolute Gasteiger partial charge is 0.367 e. The molecule has 1 amide bonds. The number of aryl methyl sites for hydroxylation is 3. The number of hydrogen-bond donors (Lipinski definition) is 1. The van der Waals surface area contributed by atoms with Gasteiger partial charge in [0.15, 0.2) is 0 Å². The molecule has 144 valence electrons. The predicted molar refractivity (Wildman–Crippen MR) is 115 cm³/mol. The van der Waals surface area contributed by atoms with Gasteiger partial charge in [0.1, 0.15) is 0 Å². The number of rotatable bonds is 3. The molecule has 3 rings (SSSR count). The van der Waals surface area contributed by atoms with E-state index in [4.69, 9.17) is 0 Å². The van der Waals surface area contributed by atoms with Gasteiger partial charge in [-0.2, -0.15) is 0 Å². The van der Waals surface area contributed by atoms with Gasteiger partial charge in [0.25, 0.3) is 0 Å². The van der Waals surface area contributed by atoms with Gasteiger partial charge in [-0.1, -0.05) is 44.5 Å². The van der Waals surface area contributed by atoms with E-state index in [0.29, 0.717) is 6.42 Å². The van der Waals surface area contributed by atoms with Crippen LogP contribution in [-0.2, 0) is 17.8 Å². The lowest BCUT2D eigenvalue weighted by Gasteiger charge is -2.32. The number of anilines is 2. The highest BCUT2D eigenvalue weighted by atomic mass is 16.1. The van der Waals surface area contributed by atoms with Crippen LogP contribution in [-0.4, -0.2) is 12.5 Å². The molecule has 1 aliphatic heterocycles. The zero-order chi connectivity index (χ0) is 19.8. The average molecular weight is 365 g/mol. The number of nitrogens with zero attached hydrogens (tertiary/aromatic N) is 1. The highest BCUT2D eigenvalue weighted by molar-refractivity contribution is 5.93. The lowest BCUT2D eigenvalue weighted by atomic mass is 9.92. The van der Waals surface area contributed by atoms with Crippen LogP contribution in [0.2, 0.25) is 0 Å². The van der Waals surface area contributed by atoms with Crippen molar-refractivity contribution in [2.75, 3.05) is 16.8 Å². The van der Waals surface area contributed by atoms with Crippen molar-refractivity contribution < 1.29 is 4.79 Å². The summed E-state index contributed by atoms with van der Waals surface area (Å²) in [6.45, 7) is 14.6. The van der Waals surface area contributed by atoms with Gasteiger partial charge in [0, 0.05) is 30.9 Å². The molecule has 0 fully saturated rings. The van der Waals surface area contributed by atoms with E-state index < -0.39 is 0 Å². The zero-order valence-corrected chi connectivity index (χ0v) is 17.6. The van der Waals surface area contributed by atoms with Gasteiger partial charge in [-0.05, 0) is 67.0 Å². The molecule has 0 aromatic heterocycles. The van der Waals surface area contributed by atoms with E-state index in [9.17, 15) is 4.79 Å². The molecular formula is C24H32N2O. The Hall–Kier alpha value is -2.29. The van der Waals surface area contributed by atoms with E-state index in [2.05, 4.69) is 82.1 Å². The maximum absolute atomic E-state index is 12.4. The van der Waals surface area contributed by atoms with Crippen LogP contribution in [0, 0.1) is 26.2 Å². The molecule has 0 radical (unpaired) electrons. The first-order valence-electron chi connectivity index (χ1n) is 9.87. The van der Waals surface area contributed by atoms with Crippen molar-refractivity contribution in [3.05, 3.63) is 58.1 Å². The summed E-state index contributed by atoms with van der Waals surface area (Å²) in [5.74, 6) is 0.0868. The van der Waals surface area contributed by atoms with Crippen molar-refractivity contribution in [1.82, 2.24) is 0 Å². The molecule has 1 heterocycles. The van der Waals surface area contributed by atoms with Gasteiger partial charge < -0.3 is 10.2 Å². The smallest absolute Gasteiger partial charge is 0.224 e. The van der Waals surface area contributed by atoms with Crippen LogP contribution in [0.5, 0.6) is 0 Å². The van der Waals surface area contributed by atoms with Crippen LogP contribution in [0.25, 0.3) is 0 Å². The van der Waals surface area contributed by atoms with Crippen molar-refractivity contribution in [2.24, 2.45) is 5.41 Å². The number of amides is 1. The van der Waals surface area contributed by atoms with Crippen LogP contribution in [0.4, 0.5) is 11.4 Å². The van der Waals surface area contributed by atoms with E-state index in [1.54, 1.807) is 0 Å². The molecule has 0 atom stereocenters. The minimum absolute atomic E-state index is 0.00855. The van der Waals surface area contributed by atoms with Crippen LogP contribution in [0.15, 0.2) is 30.3 Å². The quantitative estimate of drug-likeness (QED) is 0.774. The summed E-state index contributed by atoms with van der Waals surface area (Å²) in [6, 6.07) is 11.2. The molecule has 0 saturated heterocycles. The molecular weight excluding hydrogens is 332 g/mol. The predicted octanol–water partition coefficient (Wildman–Crippen LogP) is 5.55. The third kappa shape index (κ3) is 4.71. The Morgan fingerprint density at radius 2 is 1.70 bits per heavy atom. The Morgan fingerprint density at radius 3 is 2.33 bits per heavy atom. The molecule has 3 nitrogen and oxygen atoms in total. The number of nitrogens with one attached hydrogen (secondary N) is 1. The number of benzene rings is 2. The van der Waals surface area contributed by atoms with Gasteiger partial charge >= 0.3 is 0 Å². The minimum atomic E-state index is -0.00855. The third-order valence-electron chi connectivity index (χ3n) is 5.21. The molecule has 0 bridgehead atoms. The van der Waals surface area contributed by atoms with Crippen LogP contribution < -0.4 is 10.2 Å². The first-order valence-corrected chi connectivity index (χ1v) is 9.87. The highest BCUT2D eigenvalue weighted by Gasteiger charge is 2.20. The first kappa shape index (κ1) is 19.5. The van der Waals surface area contributed by atoms with Crippen molar-refractivity contribution in [1.29, 1.82) is 0 Å². The highest BCUT2D eigenvalue weighted by Crippen LogP contribution is 2.31. The molecule has 0 unspecified atom stereocenters. The second-order valence-corrected chi connectivity index (χ2v) is 9.18. The molecule has 2 aromatic rings. The summed E-state index contributed by atoms with van der Waals surface area (Å²) in [4.78, 5) is 14.8. The first-order chi connectivity index (χ1) is 12.6. The second-order valence-electron chi connectivity index (χ2n) is 9.18. The maximum atomic E-state index is 12.4. The standard InChI is InChI=1S/C24H32N2O/c1-16-7-8-20-15-26(10-9-19(20)11-16)21-12-17(2)23(18(3)13-21)25-22(27)14-24(4,5)6/h7-8,11-13H,9-10,14-15H2,1-6H3,(H,25,27). The van der Waals surface area contributed by atoms with Gasteiger partial charge in [0.05, 0.1) is 0 Å². The Bertz CT molecular complexity index is 838. The number of carbonyl (C=O) groups is 1. The zero-order valence-electron chi connectivity index (χ0n) is 17.6. The lowest BCUT2D eigenvalue weighted by molar-refractivity contribution is -0.117. The van der Waals surface area contributed by atoms with Gasteiger partial charge in [-0.25, -0.2) is 0 Å². The molecule has 27 heavy (non-hydrogen) atoms. The van der Waals surface area contributed by atoms with Gasteiger partial charge in [0.2, 0.25) is 5.91 Å². The third-order valence-corrected chi connectivity index (χ3v) is 5.21. The van der Waals surface area contributed by atoms with Crippen molar-refractivity contribution in [3.8, 4) is 0 Å². The molecule has 1 aliphatic rings. The number of fused-ring (bicyclic) bond motifs is 1. The summed E-state index contributed by atoms with van der Waals surface area (Å²) in [5, 5.41) is 3.13. The fourth-order valence-electron chi connectivity index (χ4n) is 3.89. The summed E-state index contributed by atoms with van der Waals surface area (Å²) >= 11 is 0. The summed E-state index contributed by atoms with van der Waals surface area (Å²) in [6.07, 6.45) is 1.61. The van der Waals surface area contributed by atoms with Crippen LogP contribution in [0.1, 0.15) is 55.0 Å². The molecule has 0 spiro atoms. The van der Waals surface area contributed by atoms with Crippen molar-refractivity contribution in [3.63, 3.8) is 0 Å². The van der Waals surface area contributed by atoms with E-state index in [1.807, 2.05) is 0 Å². The van der Waals surface area contributed by atoms with E-state index in [1.165, 1.54) is 22.4 Å². The number of hydrogen-bond acceptors (Lipinski definition) is 2. The topological polar surface area (TPSA) is 32.3 Å². The van der Waals surface area contributed by atoms with E-state index in [-0.39, 0.29) is 11.3 Å². The SMILES string of the molecule is Cc1ccc2c(c1)CCN(c1cc(C)c(NC(=O)CC(C)(C)C)c(C)c1)C2. The fourth-order valence-corrected chi connectivity index (χ4v) is 3.89.